The Hall–Kier alpha value is -1.06. The molecule has 0 saturated heterocycles. The maximum absolute atomic E-state index is 5.80. The molecule has 88 valence electrons. The van der Waals surface area contributed by atoms with Crippen LogP contribution in [0.25, 0.3) is 0 Å². The second-order valence-corrected chi connectivity index (χ2v) is 4.89. The Morgan fingerprint density at radius 3 is 2.82 bits per heavy atom. The number of nitrogens with zero attached hydrogens (tertiary/aromatic N) is 1. The predicted molar refractivity (Wildman–Crippen MR) is 72.5 cm³/mol. The first kappa shape index (κ1) is 12.4. The van der Waals surface area contributed by atoms with Crippen LogP contribution in [0.4, 0.5) is 0 Å². The van der Waals surface area contributed by atoms with Crippen LogP contribution >= 0.6 is 27.5 Å². The number of ether oxygens (including phenoxy) is 1. The van der Waals surface area contributed by atoms with Crippen LogP contribution < -0.4 is 4.74 Å². The first-order chi connectivity index (χ1) is 8.15. The number of pyridine rings is 1. The highest BCUT2D eigenvalue weighted by atomic mass is 79.9. The van der Waals surface area contributed by atoms with Gasteiger partial charge in [0.25, 0.3) is 0 Å². The van der Waals surface area contributed by atoms with Crippen LogP contribution in [0.2, 0.25) is 5.15 Å². The smallest absolute Gasteiger partial charge is 0.130 e. The van der Waals surface area contributed by atoms with E-state index in [0.717, 1.165) is 21.5 Å². The first-order valence-electron chi connectivity index (χ1n) is 5.15. The van der Waals surface area contributed by atoms with Crippen LogP contribution in [0.1, 0.15) is 11.3 Å². The van der Waals surface area contributed by atoms with E-state index in [-0.39, 0.29) is 0 Å². The Kier molecular flexibility index (Phi) is 4.02. The minimum Gasteiger partial charge on any atom is -0.487 e. The molecule has 0 radical (unpaired) electrons. The van der Waals surface area contributed by atoms with Crippen molar-refractivity contribution in [3.63, 3.8) is 0 Å². The third-order valence-corrected chi connectivity index (χ3v) is 3.39. The number of hydrogen-bond acceptors (Lipinski definition) is 2. The average Bonchev–Trinajstić information content (AvgIpc) is 2.31. The van der Waals surface area contributed by atoms with Crippen LogP contribution in [0.5, 0.6) is 5.75 Å². The summed E-state index contributed by atoms with van der Waals surface area (Å²) in [5.74, 6) is 0.826. The fraction of sp³-hybridized carbons (Fsp3) is 0.154. The molecule has 4 heteroatoms. The summed E-state index contributed by atoms with van der Waals surface area (Å²) in [5.41, 5.74) is 1.96. The summed E-state index contributed by atoms with van der Waals surface area (Å²) in [6.45, 7) is 2.44. The van der Waals surface area contributed by atoms with Crippen molar-refractivity contribution in [1.82, 2.24) is 4.98 Å². The van der Waals surface area contributed by atoms with Crippen molar-refractivity contribution >= 4 is 27.5 Å². The Morgan fingerprint density at radius 1 is 1.29 bits per heavy atom. The standard InChI is InChI=1S/C13H11BrClNO/c1-9-7-11(5-6-12(9)14)17-8-10-3-2-4-13(15)16-10/h2-7H,8H2,1H3. The molecule has 0 aliphatic heterocycles. The number of hydrogen-bond donors (Lipinski definition) is 0. The Bertz CT molecular complexity index is 531. The molecule has 0 N–H and O–H groups in total. The number of benzene rings is 1. The quantitative estimate of drug-likeness (QED) is 0.784. The molecule has 0 unspecified atom stereocenters. The second-order valence-electron chi connectivity index (χ2n) is 3.65. The van der Waals surface area contributed by atoms with Crippen molar-refractivity contribution in [3.05, 3.63) is 57.3 Å². The van der Waals surface area contributed by atoms with E-state index >= 15 is 0 Å². The molecule has 0 aliphatic carbocycles. The third-order valence-electron chi connectivity index (χ3n) is 2.29. The van der Waals surface area contributed by atoms with Gasteiger partial charge >= 0.3 is 0 Å². The molecule has 0 spiro atoms. The molecule has 0 amide bonds. The van der Waals surface area contributed by atoms with Crippen molar-refractivity contribution in [2.45, 2.75) is 13.5 Å². The van der Waals surface area contributed by atoms with Gasteiger partial charge < -0.3 is 4.74 Å². The molecule has 17 heavy (non-hydrogen) atoms. The van der Waals surface area contributed by atoms with Crippen LogP contribution in [-0.2, 0) is 6.61 Å². The van der Waals surface area contributed by atoms with E-state index in [9.17, 15) is 0 Å². The zero-order valence-electron chi connectivity index (χ0n) is 9.28. The lowest BCUT2D eigenvalue weighted by Crippen LogP contribution is -1.98. The summed E-state index contributed by atoms with van der Waals surface area (Å²) in [7, 11) is 0. The van der Waals surface area contributed by atoms with E-state index in [4.69, 9.17) is 16.3 Å². The van der Waals surface area contributed by atoms with Gasteiger partial charge in [-0.05, 0) is 42.8 Å². The van der Waals surface area contributed by atoms with Gasteiger partial charge in [-0.25, -0.2) is 4.98 Å². The molecule has 0 saturated carbocycles. The fourth-order valence-electron chi connectivity index (χ4n) is 1.39. The van der Waals surface area contributed by atoms with Gasteiger partial charge in [0.15, 0.2) is 0 Å². The molecule has 1 aromatic carbocycles. The normalized spacial score (nSPS) is 10.3. The van der Waals surface area contributed by atoms with Gasteiger partial charge in [-0.15, -0.1) is 0 Å². The lowest BCUT2D eigenvalue weighted by Gasteiger charge is -2.07. The molecular weight excluding hydrogens is 302 g/mol. The van der Waals surface area contributed by atoms with Gasteiger partial charge in [0, 0.05) is 4.47 Å². The van der Waals surface area contributed by atoms with Gasteiger partial charge in [0.05, 0.1) is 5.69 Å². The summed E-state index contributed by atoms with van der Waals surface area (Å²) in [4.78, 5) is 4.16. The zero-order valence-corrected chi connectivity index (χ0v) is 11.6. The number of aromatic nitrogens is 1. The van der Waals surface area contributed by atoms with Crippen molar-refractivity contribution in [1.29, 1.82) is 0 Å². The van der Waals surface area contributed by atoms with Gasteiger partial charge in [0.1, 0.15) is 17.5 Å². The van der Waals surface area contributed by atoms with E-state index in [1.165, 1.54) is 0 Å². The van der Waals surface area contributed by atoms with E-state index in [0.29, 0.717) is 11.8 Å². The molecule has 0 fully saturated rings. The van der Waals surface area contributed by atoms with Crippen LogP contribution in [-0.4, -0.2) is 4.98 Å². The van der Waals surface area contributed by atoms with Gasteiger partial charge in [-0.2, -0.15) is 0 Å². The summed E-state index contributed by atoms with van der Waals surface area (Å²) in [6.07, 6.45) is 0. The maximum Gasteiger partial charge on any atom is 0.130 e. The summed E-state index contributed by atoms with van der Waals surface area (Å²) < 4.78 is 6.72. The van der Waals surface area contributed by atoms with Crippen LogP contribution in [0.15, 0.2) is 40.9 Å². The molecule has 1 aromatic heterocycles. The van der Waals surface area contributed by atoms with Crippen LogP contribution in [0, 0.1) is 6.92 Å². The van der Waals surface area contributed by atoms with Gasteiger partial charge in [-0.1, -0.05) is 33.6 Å². The van der Waals surface area contributed by atoms with Gasteiger partial charge in [0.2, 0.25) is 0 Å². The highest BCUT2D eigenvalue weighted by Crippen LogP contribution is 2.22. The van der Waals surface area contributed by atoms with Crippen LogP contribution in [0.3, 0.4) is 0 Å². The molecule has 2 aromatic rings. The molecule has 0 atom stereocenters. The molecule has 0 bridgehead atoms. The topological polar surface area (TPSA) is 22.1 Å². The van der Waals surface area contributed by atoms with E-state index in [2.05, 4.69) is 20.9 Å². The zero-order chi connectivity index (χ0) is 12.3. The van der Waals surface area contributed by atoms with Crippen molar-refractivity contribution in [2.24, 2.45) is 0 Å². The predicted octanol–water partition coefficient (Wildman–Crippen LogP) is 4.38. The second kappa shape index (κ2) is 5.52. The van der Waals surface area contributed by atoms with Crippen molar-refractivity contribution in [2.75, 3.05) is 0 Å². The molecule has 2 nitrogen and oxygen atoms in total. The average molecular weight is 313 g/mol. The summed E-state index contributed by atoms with van der Waals surface area (Å²) >= 11 is 9.25. The minimum atomic E-state index is 0.418. The van der Waals surface area contributed by atoms with E-state index in [1.54, 1.807) is 6.07 Å². The molecular formula is C13H11BrClNO. The Balaban J connectivity index is 2.05. The molecule has 1 heterocycles. The highest BCUT2D eigenvalue weighted by molar-refractivity contribution is 9.10. The van der Waals surface area contributed by atoms with Crippen molar-refractivity contribution < 1.29 is 4.74 Å². The summed E-state index contributed by atoms with van der Waals surface area (Å²) in [6, 6.07) is 11.4. The largest absolute Gasteiger partial charge is 0.487 e. The molecule has 2 rings (SSSR count). The van der Waals surface area contributed by atoms with E-state index in [1.807, 2.05) is 37.3 Å². The number of halogens is 2. The van der Waals surface area contributed by atoms with E-state index < -0.39 is 0 Å². The number of rotatable bonds is 3. The summed E-state index contributed by atoms with van der Waals surface area (Å²) in [5, 5.41) is 0.484. The molecule has 0 aliphatic rings. The third kappa shape index (κ3) is 3.45. The Morgan fingerprint density at radius 2 is 2.12 bits per heavy atom. The Labute approximate surface area is 114 Å². The van der Waals surface area contributed by atoms with Crippen molar-refractivity contribution in [3.8, 4) is 5.75 Å². The lowest BCUT2D eigenvalue weighted by atomic mass is 10.2. The fourth-order valence-corrected chi connectivity index (χ4v) is 1.82. The first-order valence-corrected chi connectivity index (χ1v) is 6.32. The maximum atomic E-state index is 5.80. The lowest BCUT2D eigenvalue weighted by molar-refractivity contribution is 0.301. The monoisotopic (exact) mass is 311 g/mol. The highest BCUT2D eigenvalue weighted by Gasteiger charge is 2.00. The minimum absolute atomic E-state index is 0.418. The SMILES string of the molecule is Cc1cc(OCc2cccc(Cl)n2)ccc1Br. The number of aryl methyl sites for hydroxylation is 1. The van der Waals surface area contributed by atoms with Gasteiger partial charge in [-0.3, -0.25) is 0 Å².